The van der Waals surface area contributed by atoms with Gasteiger partial charge in [-0.2, -0.15) is 5.10 Å². The van der Waals surface area contributed by atoms with Crippen molar-refractivity contribution in [1.29, 1.82) is 0 Å². The van der Waals surface area contributed by atoms with Crippen molar-refractivity contribution in [3.63, 3.8) is 0 Å². The first-order chi connectivity index (χ1) is 12.6. The van der Waals surface area contributed by atoms with Crippen LogP contribution in [0.15, 0.2) is 74.9 Å². The highest BCUT2D eigenvalue weighted by molar-refractivity contribution is 9.10. The summed E-state index contributed by atoms with van der Waals surface area (Å²) >= 11 is 3.52. The lowest BCUT2D eigenvalue weighted by atomic mass is 10.1. The molecular formula is C20H17BrN2O3. The van der Waals surface area contributed by atoms with Crippen LogP contribution >= 0.6 is 15.9 Å². The van der Waals surface area contributed by atoms with E-state index in [1.165, 1.54) is 0 Å². The number of nitrogens with zero attached hydrogens (tertiary/aromatic N) is 1. The standard InChI is InChI=1S/C20H17BrN2O3/c1-14(8-9-15-5-4-12-25-15)22-23-20(24)13-26-19-11-10-18(21)16-6-2-3-7-17(16)19/h2-12H,13H2,1H3,(H,23,24). The first kappa shape index (κ1) is 17.9. The van der Waals surface area contributed by atoms with E-state index < -0.39 is 0 Å². The van der Waals surface area contributed by atoms with Gasteiger partial charge in [-0.15, -0.1) is 0 Å². The quantitative estimate of drug-likeness (QED) is 0.467. The van der Waals surface area contributed by atoms with Crippen LogP contribution in [-0.2, 0) is 4.79 Å². The fourth-order valence-corrected chi connectivity index (χ4v) is 2.79. The Balaban J connectivity index is 1.58. The molecule has 0 aliphatic heterocycles. The van der Waals surface area contributed by atoms with E-state index >= 15 is 0 Å². The van der Waals surface area contributed by atoms with Crippen LogP contribution < -0.4 is 10.2 Å². The molecule has 0 atom stereocenters. The minimum absolute atomic E-state index is 0.121. The van der Waals surface area contributed by atoms with Crippen molar-refractivity contribution in [2.45, 2.75) is 6.92 Å². The molecule has 26 heavy (non-hydrogen) atoms. The molecule has 1 heterocycles. The lowest BCUT2D eigenvalue weighted by Gasteiger charge is -2.09. The van der Waals surface area contributed by atoms with Crippen LogP contribution in [0.1, 0.15) is 12.7 Å². The highest BCUT2D eigenvalue weighted by Crippen LogP contribution is 2.31. The molecule has 0 spiro atoms. The Hall–Kier alpha value is -2.86. The monoisotopic (exact) mass is 412 g/mol. The molecule has 0 bridgehead atoms. The first-order valence-electron chi connectivity index (χ1n) is 7.98. The average molecular weight is 413 g/mol. The maximum Gasteiger partial charge on any atom is 0.277 e. The Morgan fingerprint density at radius 3 is 2.77 bits per heavy atom. The Kier molecular flexibility index (Phi) is 5.86. The maximum atomic E-state index is 12.0. The van der Waals surface area contributed by atoms with Crippen LogP contribution in [0.4, 0.5) is 0 Å². The van der Waals surface area contributed by atoms with E-state index in [2.05, 4.69) is 26.5 Å². The number of benzene rings is 2. The largest absolute Gasteiger partial charge is 0.483 e. The number of rotatable bonds is 6. The maximum absolute atomic E-state index is 12.0. The molecule has 1 amide bonds. The van der Waals surface area contributed by atoms with E-state index in [1.54, 1.807) is 31.4 Å². The van der Waals surface area contributed by atoms with E-state index in [-0.39, 0.29) is 12.5 Å². The van der Waals surface area contributed by atoms with Crippen molar-refractivity contribution < 1.29 is 13.9 Å². The lowest BCUT2D eigenvalue weighted by Crippen LogP contribution is -2.25. The number of nitrogens with one attached hydrogen (secondary N) is 1. The van der Waals surface area contributed by atoms with Crippen molar-refractivity contribution in [3.05, 3.63) is 71.1 Å². The third kappa shape index (κ3) is 4.61. The van der Waals surface area contributed by atoms with Gasteiger partial charge in [-0.3, -0.25) is 4.79 Å². The third-order valence-corrected chi connectivity index (χ3v) is 4.27. The highest BCUT2D eigenvalue weighted by Gasteiger charge is 2.07. The van der Waals surface area contributed by atoms with Gasteiger partial charge in [0.1, 0.15) is 11.5 Å². The topological polar surface area (TPSA) is 63.8 Å². The number of fused-ring (bicyclic) bond motifs is 1. The zero-order valence-electron chi connectivity index (χ0n) is 14.1. The van der Waals surface area contributed by atoms with E-state index in [0.717, 1.165) is 21.0 Å². The predicted octanol–water partition coefficient (Wildman–Crippen LogP) is 4.78. The highest BCUT2D eigenvalue weighted by atomic mass is 79.9. The molecule has 0 fully saturated rings. The third-order valence-electron chi connectivity index (χ3n) is 3.58. The normalized spacial score (nSPS) is 11.8. The molecule has 6 heteroatoms. The van der Waals surface area contributed by atoms with Gasteiger partial charge in [0.15, 0.2) is 6.61 Å². The number of hydrogen-bond acceptors (Lipinski definition) is 4. The summed E-state index contributed by atoms with van der Waals surface area (Å²) in [5.74, 6) is 1.04. The molecule has 0 saturated carbocycles. The van der Waals surface area contributed by atoms with E-state index in [0.29, 0.717) is 11.5 Å². The number of carbonyl (C=O) groups excluding carboxylic acids is 1. The van der Waals surface area contributed by atoms with Crippen LogP contribution in [0.25, 0.3) is 16.8 Å². The molecule has 132 valence electrons. The van der Waals surface area contributed by atoms with Gasteiger partial charge < -0.3 is 9.15 Å². The molecule has 2 aromatic carbocycles. The second-order valence-electron chi connectivity index (χ2n) is 5.52. The van der Waals surface area contributed by atoms with E-state index in [4.69, 9.17) is 9.15 Å². The molecule has 1 N–H and O–H groups in total. The fraction of sp³-hybridized carbons (Fsp3) is 0.100. The molecule has 1 aromatic heterocycles. The summed E-state index contributed by atoms with van der Waals surface area (Å²) in [4.78, 5) is 12.0. The number of hydrazone groups is 1. The number of halogens is 1. The number of allylic oxidation sites excluding steroid dienone is 1. The zero-order chi connectivity index (χ0) is 18.4. The van der Waals surface area contributed by atoms with Crippen LogP contribution in [0, 0.1) is 0 Å². The summed E-state index contributed by atoms with van der Waals surface area (Å²) < 4.78 is 11.8. The molecule has 0 aliphatic rings. The molecule has 3 aromatic rings. The molecule has 0 saturated heterocycles. The number of furan rings is 1. The first-order valence-corrected chi connectivity index (χ1v) is 8.77. The van der Waals surface area contributed by atoms with Crippen molar-refractivity contribution in [2.24, 2.45) is 5.10 Å². The summed E-state index contributed by atoms with van der Waals surface area (Å²) in [5, 5.41) is 5.98. The molecule has 3 rings (SSSR count). The Morgan fingerprint density at radius 1 is 1.19 bits per heavy atom. The molecular weight excluding hydrogens is 396 g/mol. The van der Waals surface area contributed by atoms with E-state index in [1.807, 2.05) is 42.5 Å². The molecule has 0 aliphatic carbocycles. The van der Waals surface area contributed by atoms with Gasteiger partial charge in [-0.25, -0.2) is 5.43 Å². The second-order valence-corrected chi connectivity index (χ2v) is 6.37. The minimum Gasteiger partial charge on any atom is -0.483 e. The Morgan fingerprint density at radius 2 is 2.00 bits per heavy atom. The number of hydrogen-bond donors (Lipinski definition) is 1. The molecule has 0 unspecified atom stereocenters. The summed E-state index contributed by atoms with van der Waals surface area (Å²) in [6.45, 7) is 1.66. The number of ether oxygens (including phenoxy) is 1. The SMILES string of the molecule is CC(C=Cc1ccco1)=NNC(=O)COc1ccc(Br)c2ccccc12. The number of carbonyl (C=O) groups is 1. The second kappa shape index (κ2) is 8.49. The summed E-state index contributed by atoms with van der Waals surface area (Å²) in [5.41, 5.74) is 3.12. The smallest absolute Gasteiger partial charge is 0.277 e. The van der Waals surface area contributed by atoms with Crippen molar-refractivity contribution in [3.8, 4) is 5.75 Å². The van der Waals surface area contributed by atoms with Crippen molar-refractivity contribution in [2.75, 3.05) is 6.61 Å². The van der Waals surface area contributed by atoms with E-state index in [9.17, 15) is 4.79 Å². The predicted molar refractivity (Wildman–Crippen MR) is 106 cm³/mol. The van der Waals surface area contributed by atoms with Crippen LogP contribution in [0.3, 0.4) is 0 Å². The van der Waals surface area contributed by atoms with Gasteiger partial charge in [0.2, 0.25) is 0 Å². The summed E-state index contributed by atoms with van der Waals surface area (Å²) in [6, 6.07) is 15.2. The Bertz CT molecular complexity index is 962. The molecule has 5 nitrogen and oxygen atoms in total. The Labute approximate surface area is 159 Å². The lowest BCUT2D eigenvalue weighted by molar-refractivity contribution is -0.123. The van der Waals surface area contributed by atoms with Crippen LogP contribution in [0.5, 0.6) is 5.75 Å². The van der Waals surface area contributed by atoms with Gasteiger partial charge >= 0.3 is 0 Å². The average Bonchev–Trinajstić information content (AvgIpc) is 3.18. The van der Waals surface area contributed by atoms with Gasteiger partial charge in [0, 0.05) is 9.86 Å². The summed E-state index contributed by atoms with van der Waals surface area (Å²) in [6.07, 6.45) is 5.12. The van der Waals surface area contributed by atoms with Gasteiger partial charge in [0.05, 0.1) is 12.0 Å². The fourth-order valence-electron chi connectivity index (χ4n) is 2.31. The molecule has 0 radical (unpaired) electrons. The van der Waals surface area contributed by atoms with Crippen molar-refractivity contribution >= 4 is 44.4 Å². The van der Waals surface area contributed by atoms with Crippen LogP contribution in [0.2, 0.25) is 0 Å². The van der Waals surface area contributed by atoms with Gasteiger partial charge in [0.25, 0.3) is 5.91 Å². The minimum atomic E-state index is -0.331. The number of amides is 1. The van der Waals surface area contributed by atoms with Crippen LogP contribution in [-0.4, -0.2) is 18.2 Å². The zero-order valence-corrected chi connectivity index (χ0v) is 15.7. The van der Waals surface area contributed by atoms with Gasteiger partial charge in [-0.1, -0.05) is 40.2 Å². The van der Waals surface area contributed by atoms with Gasteiger partial charge in [-0.05, 0) is 48.7 Å². The summed E-state index contributed by atoms with van der Waals surface area (Å²) in [7, 11) is 0. The van der Waals surface area contributed by atoms with Crippen molar-refractivity contribution in [1.82, 2.24) is 5.43 Å².